The topological polar surface area (TPSA) is 102 Å². The quantitative estimate of drug-likeness (QED) is 0.327. The summed E-state index contributed by atoms with van der Waals surface area (Å²) >= 11 is 3.47. The van der Waals surface area contributed by atoms with Crippen LogP contribution < -0.4 is 10.5 Å². The molecule has 1 aliphatic carbocycles. The van der Waals surface area contributed by atoms with Crippen molar-refractivity contribution in [3.05, 3.63) is 123 Å². The molecule has 3 aromatic carbocycles. The molecule has 0 bridgehead atoms. The molecule has 0 radical (unpaired) electrons. The Hall–Kier alpha value is -4.15. The minimum Gasteiger partial charge on any atom is -0.444 e. The molecule has 0 saturated heterocycles. The van der Waals surface area contributed by atoms with Gasteiger partial charge in [0.05, 0.1) is 11.5 Å². The molecule has 36 heavy (non-hydrogen) atoms. The molecule has 0 fully saturated rings. The number of ether oxygens (including phenoxy) is 2. The van der Waals surface area contributed by atoms with Crippen LogP contribution in [0.25, 0.3) is 0 Å². The first-order valence-electron chi connectivity index (χ1n) is 11.4. The molecule has 2 aliphatic rings. The second kappa shape index (κ2) is 9.84. The summed E-state index contributed by atoms with van der Waals surface area (Å²) in [6.45, 7) is 0. The van der Waals surface area contributed by atoms with Gasteiger partial charge >= 0.3 is 5.97 Å². The summed E-state index contributed by atoms with van der Waals surface area (Å²) in [7, 11) is 0. The zero-order chi connectivity index (χ0) is 25.2. The summed E-state index contributed by atoms with van der Waals surface area (Å²) in [6, 6.07) is 25.6. The van der Waals surface area contributed by atoms with Gasteiger partial charge in [0, 0.05) is 28.5 Å². The molecule has 3 aromatic rings. The number of nitriles is 1. The molecule has 0 spiro atoms. The lowest BCUT2D eigenvalue weighted by Crippen LogP contribution is -2.30. The van der Waals surface area contributed by atoms with E-state index in [0.717, 1.165) is 5.56 Å². The minimum absolute atomic E-state index is 0.0527. The van der Waals surface area contributed by atoms with Crippen molar-refractivity contribution in [3.8, 4) is 11.8 Å². The van der Waals surface area contributed by atoms with E-state index in [1.54, 1.807) is 42.5 Å². The van der Waals surface area contributed by atoms with Crippen LogP contribution >= 0.6 is 15.9 Å². The number of carbonyl (C=O) groups excluding carboxylic acids is 2. The van der Waals surface area contributed by atoms with Crippen LogP contribution in [0.4, 0.5) is 0 Å². The third-order valence-corrected chi connectivity index (χ3v) is 6.92. The SMILES string of the molecule is N#CC1=C(N)OC2=C(C(=O)C[C@@H](c3ccccc3)C2)[C@@H]1c1cc(Br)ccc1OC(=O)c1ccccc1. The molecule has 0 saturated carbocycles. The molecule has 0 aromatic heterocycles. The lowest BCUT2D eigenvalue weighted by Gasteiger charge is -2.34. The fraction of sp³-hybridized carbons (Fsp3) is 0.138. The number of halogens is 1. The molecule has 7 heteroatoms. The first-order chi connectivity index (χ1) is 17.5. The number of carbonyl (C=O) groups is 2. The smallest absolute Gasteiger partial charge is 0.343 e. The number of nitrogens with two attached hydrogens (primary N) is 1. The lowest BCUT2D eigenvalue weighted by atomic mass is 9.73. The molecule has 0 amide bonds. The monoisotopic (exact) mass is 540 g/mol. The molecular weight excluding hydrogens is 520 g/mol. The van der Waals surface area contributed by atoms with Gasteiger partial charge in [-0.3, -0.25) is 4.79 Å². The maximum absolute atomic E-state index is 13.6. The second-order valence-corrected chi connectivity index (χ2v) is 9.55. The van der Waals surface area contributed by atoms with E-state index >= 15 is 0 Å². The van der Waals surface area contributed by atoms with E-state index in [1.165, 1.54) is 0 Å². The van der Waals surface area contributed by atoms with Crippen LogP contribution in [-0.2, 0) is 9.53 Å². The van der Waals surface area contributed by atoms with E-state index < -0.39 is 11.9 Å². The van der Waals surface area contributed by atoms with Crippen molar-refractivity contribution in [2.24, 2.45) is 5.73 Å². The highest BCUT2D eigenvalue weighted by Crippen LogP contribution is 2.49. The van der Waals surface area contributed by atoms with Crippen LogP contribution in [0.1, 0.15) is 46.2 Å². The van der Waals surface area contributed by atoms with Crippen LogP contribution in [-0.4, -0.2) is 11.8 Å². The maximum atomic E-state index is 13.6. The van der Waals surface area contributed by atoms with Crippen LogP contribution in [0, 0.1) is 11.3 Å². The Morgan fingerprint density at radius 2 is 1.72 bits per heavy atom. The van der Waals surface area contributed by atoms with Crippen molar-refractivity contribution >= 4 is 27.7 Å². The van der Waals surface area contributed by atoms with E-state index in [4.69, 9.17) is 15.2 Å². The standard InChI is InChI=1S/C29H21BrN2O4/c30-20-11-12-24(36-29(34)18-9-5-2-6-10-18)21(15-20)26-22(16-31)28(32)35-25-14-19(13-23(33)27(25)26)17-7-3-1-4-8-17/h1-12,15,19,26H,13-14,32H2/t19-,26-/m1/s1. The number of hydrogen-bond donors (Lipinski definition) is 1. The molecule has 6 nitrogen and oxygen atoms in total. The van der Waals surface area contributed by atoms with Crippen molar-refractivity contribution in [2.45, 2.75) is 24.7 Å². The van der Waals surface area contributed by atoms with Crippen molar-refractivity contribution < 1.29 is 19.1 Å². The van der Waals surface area contributed by atoms with Gasteiger partial charge < -0.3 is 15.2 Å². The summed E-state index contributed by atoms with van der Waals surface area (Å²) in [6.07, 6.45) is 0.739. The van der Waals surface area contributed by atoms with Crippen LogP contribution in [0.2, 0.25) is 0 Å². The van der Waals surface area contributed by atoms with Gasteiger partial charge in [-0.2, -0.15) is 5.26 Å². The number of rotatable bonds is 4. The number of hydrogen-bond acceptors (Lipinski definition) is 6. The van der Waals surface area contributed by atoms with Gasteiger partial charge in [0.1, 0.15) is 23.2 Å². The third kappa shape index (κ3) is 4.43. The van der Waals surface area contributed by atoms with Gasteiger partial charge in [-0.1, -0.05) is 64.5 Å². The molecule has 178 valence electrons. The second-order valence-electron chi connectivity index (χ2n) is 8.64. The lowest BCUT2D eigenvalue weighted by molar-refractivity contribution is -0.117. The number of Topliss-reactive ketones (excluding diaryl/α,β-unsaturated/α-hetero) is 1. The van der Waals surface area contributed by atoms with Crippen molar-refractivity contribution in [1.29, 1.82) is 5.26 Å². The predicted octanol–water partition coefficient (Wildman–Crippen LogP) is 5.88. The van der Waals surface area contributed by atoms with E-state index in [0.29, 0.717) is 33.4 Å². The van der Waals surface area contributed by atoms with Crippen molar-refractivity contribution in [3.63, 3.8) is 0 Å². The molecule has 2 atom stereocenters. The summed E-state index contributed by atoms with van der Waals surface area (Å²) < 4.78 is 12.3. The van der Waals surface area contributed by atoms with Crippen LogP contribution in [0.15, 0.2) is 106 Å². The summed E-state index contributed by atoms with van der Waals surface area (Å²) in [5.41, 5.74) is 8.59. The Labute approximate surface area is 216 Å². The summed E-state index contributed by atoms with van der Waals surface area (Å²) in [4.78, 5) is 26.4. The van der Waals surface area contributed by atoms with Gasteiger partial charge in [0.2, 0.25) is 5.88 Å². The van der Waals surface area contributed by atoms with Gasteiger partial charge in [0.15, 0.2) is 5.78 Å². The Kier molecular flexibility index (Phi) is 6.45. The number of benzene rings is 3. The predicted molar refractivity (Wildman–Crippen MR) is 137 cm³/mol. The number of ketones is 1. The Morgan fingerprint density at radius 1 is 1.03 bits per heavy atom. The first-order valence-corrected chi connectivity index (χ1v) is 12.2. The fourth-order valence-corrected chi connectivity index (χ4v) is 5.13. The van der Waals surface area contributed by atoms with E-state index in [1.807, 2.05) is 36.4 Å². The number of esters is 1. The van der Waals surface area contributed by atoms with E-state index in [-0.39, 0.29) is 35.3 Å². The van der Waals surface area contributed by atoms with E-state index in [9.17, 15) is 14.9 Å². The van der Waals surface area contributed by atoms with E-state index in [2.05, 4.69) is 22.0 Å². The van der Waals surface area contributed by atoms with Gasteiger partial charge in [0.25, 0.3) is 0 Å². The molecule has 0 unspecified atom stereocenters. The third-order valence-electron chi connectivity index (χ3n) is 6.43. The Bertz CT molecular complexity index is 1460. The highest BCUT2D eigenvalue weighted by molar-refractivity contribution is 9.10. The molecule has 1 aliphatic heterocycles. The maximum Gasteiger partial charge on any atom is 0.343 e. The zero-order valence-corrected chi connectivity index (χ0v) is 20.7. The van der Waals surface area contributed by atoms with Crippen LogP contribution in [0.5, 0.6) is 5.75 Å². The fourth-order valence-electron chi connectivity index (χ4n) is 4.75. The van der Waals surface area contributed by atoms with Gasteiger partial charge in [-0.15, -0.1) is 0 Å². The highest BCUT2D eigenvalue weighted by Gasteiger charge is 2.42. The summed E-state index contributed by atoms with van der Waals surface area (Å²) in [5, 5.41) is 10.00. The molecular formula is C29H21BrN2O4. The number of allylic oxidation sites excluding steroid dienone is 3. The molecule has 5 rings (SSSR count). The van der Waals surface area contributed by atoms with Crippen molar-refractivity contribution in [2.75, 3.05) is 0 Å². The zero-order valence-electron chi connectivity index (χ0n) is 19.1. The normalized spacial score (nSPS) is 19.3. The largest absolute Gasteiger partial charge is 0.444 e. The number of nitrogens with zero attached hydrogens (tertiary/aromatic N) is 1. The summed E-state index contributed by atoms with van der Waals surface area (Å²) in [5.74, 6) is -0.925. The van der Waals surface area contributed by atoms with Crippen molar-refractivity contribution in [1.82, 2.24) is 0 Å². The van der Waals surface area contributed by atoms with Gasteiger partial charge in [-0.25, -0.2) is 4.79 Å². The van der Waals surface area contributed by atoms with Gasteiger partial charge in [-0.05, 0) is 41.8 Å². The average Bonchev–Trinajstić information content (AvgIpc) is 2.89. The molecule has 1 heterocycles. The van der Waals surface area contributed by atoms with Crippen LogP contribution in [0.3, 0.4) is 0 Å². The average molecular weight is 541 g/mol. The Morgan fingerprint density at radius 3 is 2.42 bits per heavy atom. The Balaban J connectivity index is 1.59. The highest BCUT2D eigenvalue weighted by atomic mass is 79.9. The molecule has 2 N–H and O–H groups in total. The first kappa shape index (κ1) is 23.6. The minimum atomic E-state index is -0.820.